The van der Waals surface area contributed by atoms with E-state index in [4.69, 9.17) is 0 Å². The predicted octanol–water partition coefficient (Wildman–Crippen LogP) is 3.34. The number of aryl methyl sites for hydroxylation is 1. The maximum atomic E-state index is 12.9. The molecule has 2 fully saturated rings. The lowest BCUT2D eigenvalue weighted by molar-refractivity contribution is 0.129. The summed E-state index contributed by atoms with van der Waals surface area (Å²) in [5.41, 5.74) is 1.10. The summed E-state index contributed by atoms with van der Waals surface area (Å²) in [5, 5.41) is 0. The van der Waals surface area contributed by atoms with Crippen LogP contribution in [0.15, 0.2) is 29.2 Å². The molecule has 1 aromatic rings. The molecular weight excluding hydrogens is 270 g/mol. The highest BCUT2D eigenvalue weighted by Crippen LogP contribution is 2.37. The van der Waals surface area contributed by atoms with Gasteiger partial charge in [0.05, 0.1) is 4.90 Å². The second kappa shape index (κ2) is 5.49. The molecule has 4 heteroatoms. The number of nitrogens with zero attached hydrogens (tertiary/aromatic N) is 1. The Labute approximate surface area is 122 Å². The summed E-state index contributed by atoms with van der Waals surface area (Å²) >= 11 is 0. The van der Waals surface area contributed by atoms with E-state index in [0.717, 1.165) is 18.4 Å². The van der Waals surface area contributed by atoms with Crippen LogP contribution in [0.2, 0.25) is 0 Å². The van der Waals surface area contributed by atoms with E-state index in [1.807, 2.05) is 19.1 Å². The number of sulfonamides is 1. The molecular formula is C16H23NO2S. The van der Waals surface area contributed by atoms with Gasteiger partial charge in [0, 0.05) is 12.6 Å². The smallest absolute Gasteiger partial charge is 0.207 e. The average Bonchev–Trinajstić information content (AvgIpc) is 2.47. The summed E-state index contributed by atoms with van der Waals surface area (Å²) in [6.07, 6.45) is 6.87. The van der Waals surface area contributed by atoms with Crippen LogP contribution in [-0.2, 0) is 10.0 Å². The van der Waals surface area contributed by atoms with Gasteiger partial charge in [-0.05, 0) is 50.7 Å². The van der Waals surface area contributed by atoms with Gasteiger partial charge in [0.15, 0.2) is 0 Å². The first-order valence-electron chi connectivity index (χ1n) is 7.67. The molecule has 3 rings (SSSR count). The van der Waals surface area contributed by atoms with Gasteiger partial charge in [-0.25, -0.2) is 8.42 Å². The van der Waals surface area contributed by atoms with Crippen molar-refractivity contribution >= 4 is 10.0 Å². The van der Waals surface area contributed by atoms with Crippen molar-refractivity contribution in [3.8, 4) is 0 Å². The molecule has 3 nitrogen and oxygen atoms in total. The van der Waals surface area contributed by atoms with Crippen LogP contribution in [0, 0.1) is 12.8 Å². The van der Waals surface area contributed by atoms with Crippen molar-refractivity contribution < 1.29 is 8.42 Å². The van der Waals surface area contributed by atoms with Crippen molar-refractivity contribution in [1.82, 2.24) is 4.31 Å². The summed E-state index contributed by atoms with van der Waals surface area (Å²) in [4.78, 5) is 0.453. The fourth-order valence-electron chi connectivity index (χ4n) is 3.72. The second-order valence-corrected chi connectivity index (χ2v) is 8.07. The van der Waals surface area contributed by atoms with Gasteiger partial charge in [-0.2, -0.15) is 4.31 Å². The van der Waals surface area contributed by atoms with Crippen molar-refractivity contribution in [1.29, 1.82) is 0 Å². The van der Waals surface area contributed by atoms with Crippen LogP contribution in [0.3, 0.4) is 0 Å². The Bertz CT molecular complexity index is 563. The molecule has 0 unspecified atom stereocenters. The fourth-order valence-corrected chi connectivity index (χ4v) is 5.48. The van der Waals surface area contributed by atoms with Crippen LogP contribution in [0.25, 0.3) is 0 Å². The average molecular weight is 293 g/mol. The summed E-state index contributed by atoms with van der Waals surface area (Å²) in [5.74, 6) is 0.581. The summed E-state index contributed by atoms with van der Waals surface area (Å²) in [6, 6.07) is 7.50. The minimum Gasteiger partial charge on any atom is -0.207 e. The Morgan fingerprint density at radius 1 is 1.00 bits per heavy atom. The van der Waals surface area contributed by atoms with Crippen molar-refractivity contribution in [3.63, 3.8) is 0 Å². The van der Waals surface area contributed by atoms with Crippen molar-refractivity contribution in [2.24, 2.45) is 5.92 Å². The third-order valence-electron chi connectivity index (χ3n) is 4.82. The largest absolute Gasteiger partial charge is 0.243 e. The molecule has 1 saturated heterocycles. The van der Waals surface area contributed by atoms with Crippen LogP contribution in [-0.4, -0.2) is 25.3 Å². The third-order valence-corrected chi connectivity index (χ3v) is 6.76. The molecule has 0 bridgehead atoms. The van der Waals surface area contributed by atoms with Crippen LogP contribution in [0.4, 0.5) is 0 Å². The van der Waals surface area contributed by atoms with Gasteiger partial charge < -0.3 is 0 Å². The number of hydrogen-bond donors (Lipinski definition) is 0. The standard InChI is InChI=1S/C16H23NO2S/c1-13-8-10-15(11-9-13)20(18,19)17-12-4-6-14-5-2-3-7-16(14)17/h8-11,14,16H,2-7,12H2,1H3/t14-,16-/m0/s1. The molecule has 0 N–H and O–H groups in total. The van der Waals surface area contributed by atoms with E-state index in [9.17, 15) is 8.42 Å². The van der Waals surface area contributed by atoms with E-state index >= 15 is 0 Å². The Balaban J connectivity index is 1.91. The third kappa shape index (κ3) is 2.51. The molecule has 20 heavy (non-hydrogen) atoms. The van der Waals surface area contributed by atoms with Gasteiger partial charge >= 0.3 is 0 Å². The van der Waals surface area contributed by atoms with Gasteiger partial charge in [0.2, 0.25) is 10.0 Å². The first kappa shape index (κ1) is 14.1. The molecule has 0 aromatic heterocycles. The molecule has 0 spiro atoms. The zero-order chi connectivity index (χ0) is 14.2. The first-order chi connectivity index (χ1) is 9.59. The summed E-state index contributed by atoms with van der Waals surface area (Å²) in [7, 11) is -3.32. The molecule has 2 aliphatic rings. The zero-order valence-corrected chi connectivity index (χ0v) is 12.9. The molecule has 1 aliphatic heterocycles. The molecule has 1 aliphatic carbocycles. The molecule has 2 atom stereocenters. The molecule has 1 heterocycles. The number of fused-ring (bicyclic) bond motifs is 1. The Hall–Kier alpha value is -0.870. The molecule has 0 radical (unpaired) electrons. The topological polar surface area (TPSA) is 37.4 Å². The lowest BCUT2D eigenvalue weighted by atomic mass is 9.79. The summed E-state index contributed by atoms with van der Waals surface area (Å²) in [6.45, 7) is 2.67. The highest BCUT2D eigenvalue weighted by molar-refractivity contribution is 7.89. The molecule has 0 amide bonds. The van der Waals surface area contributed by atoms with Crippen molar-refractivity contribution in [2.75, 3.05) is 6.54 Å². The number of piperidine rings is 1. The predicted molar refractivity (Wildman–Crippen MR) is 80.1 cm³/mol. The fraction of sp³-hybridized carbons (Fsp3) is 0.625. The van der Waals surface area contributed by atoms with Gasteiger partial charge in [0.25, 0.3) is 0 Å². The van der Waals surface area contributed by atoms with Crippen molar-refractivity contribution in [3.05, 3.63) is 29.8 Å². The first-order valence-corrected chi connectivity index (χ1v) is 9.11. The lowest BCUT2D eigenvalue weighted by Crippen LogP contribution is -2.49. The quantitative estimate of drug-likeness (QED) is 0.838. The van der Waals surface area contributed by atoms with Gasteiger partial charge in [-0.1, -0.05) is 30.5 Å². The van der Waals surface area contributed by atoms with Gasteiger partial charge in [0.1, 0.15) is 0 Å². The van der Waals surface area contributed by atoms with Crippen LogP contribution >= 0.6 is 0 Å². The normalized spacial score (nSPS) is 28.1. The Morgan fingerprint density at radius 2 is 1.65 bits per heavy atom. The molecule has 1 saturated carbocycles. The maximum Gasteiger partial charge on any atom is 0.243 e. The summed E-state index contributed by atoms with van der Waals surface area (Å²) < 4.78 is 27.6. The van der Waals surface area contributed by atoms with E-state index < -0.39 is 10.0 Å². The van der Waals surface area contributed by atoms with Crippen LogP contribution in [0.1, 0.15) is 44.1 Å². The van der Waals surface area contributed by atoms with E-state index in [0.29, 0.717) is 17.4 Å². The minimum atomic E-state index is -3.32. The SMILES string of the molecule is Cc1ccc(S(=O)(=O)N2CCC[C@@H]3CCCC[C@@H]32)cc1. The number of rotatable bonds is 2. The zero-order valence-electron chi connectivity index (χ0n) is 12.1. The minimum absolute atomic E-state index is 0.240. The van der Waals surface area contributed by atoms with Crippen molar-refractivity contribution in [2.45, 2.75) is 56.4 Å². The second-order valence-electron chi connectivity index (χ2n) is 6.18. The maximum absolute atomic E-state index is 12.9. The van der Waals surface area contributed by atoms with E-state index in [1.165, 1.54) is 25.7 Å². The van der Waals surface area contributed by atoms with Crippen LogP contribution < -0.4 is 0 Å². The highest BCUT2D eigenvalue weighted by atomic mass is 32.2. The van der Waals surface area contributed by atoms with Gasteiger partial charge in [-0.3, -0.25) is 0 Å². The lowest BCUT2D eigenvalue weighted by Gasteiger charge is -2.43. The molecule has 1 aromatic carbocycles. The van der Waals surface area contributed by atoms with Gasteiger partial charge in [-0.15, -0.1) is 0 Å². The molecule has 110 valence electrons. The monoisotopic (exact) mass is 293 g/mol. The Kier molecular flexibility index (Phi) is 3.87. The van der Waals surface area contributed by atoms with E-state index in [2.05, 4.69) is 0 Å². The Morgan fingerprint density at radius 3 is 2.40 bits per heavy atom. The van der Waals surface area contributed by atoms with Crippen LogP contribution in [0.5, 0.6) is 0 Å². The van der Waals surface area contributed by atoms with E-state index in [1.54, 1.807) is 16.4 Å². The highest BCUT2D eigenvalue weighted by Gasteiger charge is 2.39. The van der Waals surface area contributed by atoms with E-state index in [-0.39, 0.29) is 6.04 Å². The number of hydrogen-bond acceptors (Lipinski definition) is 2. The number of benzene rings is 1.